The van der Waals surface area contributed by atoms with Gasteiger partial charge in [-0.3, -0.25) is 0 Å². The Balaban J connectivity index is 1.77. The fourth-order valence-corrected chi connectivity index (χ4v) is 7.65. The van der Waals surface area contributed by atoms with E-state index in [0.29, 0.717) is 71.7 Å². The Bertz CT molecular complexity index is 2840. The van der Waals surface area contributed by atoms with Crippen LogP contribution in [0.5, 0.6) is 11.5 Å². The van der Waals surface area contributed by atoms with Gasteiger partial charge >= 0.3 is 18.5 Å². The minimum Gasteiger partial charge on any atom is -0.406 e. The van der Waals surface area contributed by atoms with Gasteiger partial charge in [-0.05, 0) is 114 Å². The van der Waals surface area contributed by atoms with Gasteiger partial charge in [-0.1, -0.05) is 60.7 Å². The van der Waals surface area contributed by atoms with Crippen LogP contribution < -0.4 is 19.9 Å². The van der Waals surface area contributed by atoms with Gasteiger partial charge in [-0.25, -0.2) is 4.85 Å². The minimum atomic E-state index is -5.00. The number of allylic oxidation sites excluding steroid dienone is 3. The second-order valence-corrected chi connectivity index (χ2v) is 13.2. The monoisotopic (exact) mass is 802 g/mol. The lowest BCUT2D eigenvalue weighted by Crippen LogP contribution is -2.25. The van der Waals surface area contributed by atoms with Crippen LogP contribution in [0.1, 0.15) is 27.8 Å². The van der Waals surface area contributed by atoms with Gasteiger partial charge in [-0.2, -0.15) is 25.5 Å². The summed E-state index contributed by atoms with van der Waals surface area (Å²) in [7, 11) is 0. The number of ether oxygens (including phenoxy) is 2. The maximum Gasteiger partial charge on any atom is 0.573 e. The molecule has 7 rings (SSSR count). The topological polar surface area (TPSA) is 103 Å². The second-order valence-electron chi connectivity index (χ2n) is 13.2. The molecular formula is C46H20F6N6O2. The molecule has 60 heavy (non-hydrogen) atoms. The van der Waals surface area contributed by atoms with Crippen LogP contribution in [0, 0.1) is 53.7 Å². The van der Waals surface area contributed by atoms with E-state index in [9.17, 15) is 42.1 Å². The first kappa shape index (κ1) is 39.7. The van der Waals surface area contributed by atoms with Crippen molar-refractivity contribution in [3.8, 4) is 52.0 Å². The van der Waals surface area contributed by atoms with Gasteiger partial charge in [0.15, 0.2) is 5.69 Å². The predicted molar refractivity (Wildman–Crippen MR) is 205 cm³/mol. The normalized spacial score (nSPS) is 12.8. The van der Waals surface area contributed by atoms with Crippen molar-refractivity contribution in [2.24, 2.45) is 0 Å². The highest BCUT2D eigenvalue weighted by Crippen LogP contribution is 2.43. The van der Waals surface area contributed by atoms with Gasteiger partial charge in [0.05, 0.1) is 23.8 Å². The van der Waals surface area contributed by atoms with Crippen molar-refractivity contribution in [2.75, 3.05) is 0 Å². The molecule has 0 atom stereocenters. The number of hydrogen-bond acceptors (Lipinski definition) is 5. The SMILES string of the molecule is [C-]#[N+]C([N+]#[C-])=C1Cc2c(-c3ccc(OC(F)(F)F)cc3)c3c(c(-c4ccc(OC(F)(F)F)cc4)c2=C1c1ccc([N+]#[C-])cc1)CC(=C(C#N)C#N)C=3c1ccc(C#N)cc1. The van der Waals surface area contributed by atoms with Gasteiger partial charge in [0.2, 0.25) is 0 Å². The molecule has 0 amide bonds. The molecule has 0 aliphatic heterocycles. The van der Waals surface area contributed by atoms with Crippen molar-refractivity contribution in [1.29, 1.82) is 15.8 Å². The molecule has 0 saturated carbocycles. The highest BCUT2D eigenvalue weighted by atomic mass is 19.4. The van der Waals surface area contributed by atoms with E-state index >= 15 is 0 Å². The lowest BCUT2D eigenvalue weighted by atomic mass is 9.86. The third kappa shape index (κ3) is 7.37. The lowest BCUT2D eigenvalue weighted by molar-refractivity contribution is -0.275. The van der Waals surface area contributed by atoms with Crippen LogP contribution in [0.25, 0.3) is 47.9 Å². The third-order valence-corrected chi connectivity index (χ3v) is 9.87. The molecule has 0 spiro atoms. The van der Waals surface area contributed by atoms with Crippen molar-refractivity contribution < 1.29 is 35.8 Å². The number of nitriles is 3. The molecule has 0 heterocycles. The summed E-state index contributed by atoms with van der Waals surface area (Å²) in [5, 5.41) is 31.0. The zero-order chi connectivity index (χ0) is 42.9. The molecule has 0 fully saturated rings. The van der Waals surface area contributed by atoms with Crippen LogP contribution in [0.3, 0.4) is 0 Å². The third-order valence-electron chi connectivity index (χ3n) is 9.87. The zero-order valence-electron chi connectivity index (χ0n) is 30.4. The van der Waals surface area contributed by atoms with E-state index in [-0.39, 0.29) is 41.1 Å². The van der Waals surface area contributed by atoms with Crippen LogP contribution in [0.2, 0.25) is 0 Å². The average Bonchev–Trinajstić information content (AvgIpc) is 3.80. The summed E-state index contributed by atoms with van der Waals surface area (Å²) in [5.74, 6) is -1.35. The summed E-state index contributed by atoms with van der Waals surface area (Å²) in [5.41, 5.74) is 4.96. The zero-order valence-corrected chi connectivity index (χ0v) is 30.4. The van der Waals surface area contributed by atoms with Crippen LogP contribution in [0.15, 0.2) is 120 Å². The van der Waals surface area contributed by atoms with E-state index in [1.54, 1.807) is 36.4 Å². The second kappa shape index (κ2) is 15.4. The standard InChI is InChI=1S/C46H20F6N6O2/c1-56-31-14-8-27(9-15-31)41-37(44(57-2)58-3)21-36-40(29-12-18-33(19-13-29)60-46(50,51)52)42-35(39(43(36)41)28-10-16-32(17-11-28)59-45(47,48)49)20-34(30(23-54)24-55)38(42)26-6-4-25(22-53)5-7-26/h4-19H,20-21H2. The molecule has 14 heteroatoms. The quantitative estimate of drug-likeness (QED) is 0.0967. The van der Waals surface area contributed by atoms with Crippen molar-refractivity contribution in [3.05, 3.63) is 192 Å². The fourth-order valence-electron chi connectivity index (χ4n) is 7.65. The van der Waals surface area contributed by atoms with E-state index in [2.05, 4.69) is 24.0 Å². The number of fused-ring (bicyclic) bond motifs is 2. The molecule has 5 aromatic rings. The Morgan fingerprint density at radius 1 is 0.550 bits per heavy atom. The number of alkyl halides is 6. The molecule has 8 nitrogen and oxygen atoms in total. The Morgan fingerprint density at radius 3 is 1.33 bits per heavy atom. The van der Waals surface area contributed by atoms with Crippen molar-refractivity contribution >= 4 is 16.8 Å². The molecule has 5 aromatic carbocycles. The van der Waals surface area contributed by atoms with Gasteiger partial charge in [0, 0.05) is 6.42 Å². The number of halogens is 6. The van der Waals surface area contributed by atoms with E-state index in [1.165, 1.54) is 36.4 Å². The summed E-state index contributed by atoms with van der Waals surface area (Å²) in [6.07, 6.45) is -10.2. The minimum absolute atomic E-state index is 0.0932. The summed E-state index contributed by atoms with van der Waals surface area (Å²) in [6, 6.07) is 28.6. The molecule has 2 aliphatic carbocycles. The number of benzene rings is 5. The Kier molecular flexibility index (Phi) is 10.2. The highest BCUT2D eigenvalue weighted by Gasteiger charge is 2.37. The average molecular weight is 803 g/mol. The maximum absolute atomic E-state index is 13.3. The first-order valence-corrected chi connectivity index (χ1v) is 17.4. The molecule has 0 aromatic heterocycles. The fraction of sp³-hybridized carbons (Fsp3) is 0.0870. The maximum atomic E-state index is 13.3. The van der Waals surface area contributed by atoms with Crippen LogP contribution in [0.4, 0.5) is 32.0 Å². The summed E-state index contributed by atoms with van der Waals surface area (Å²) < 4.78 is 88.2. The smallest absolute Gasteiger partial charge is 0.406 e. The van der Waals surface area contributed by atoms with Crippen molar-refractivity contribution in [1.82, 2.24) is 0 Å². The molecule has 2 aliphatic rings. The molecule has 0 N–H and O–H groups in total. The summed E-state index contributed by atoms with van der Waals surface area (Å²) in [4.78, 5) is 10.6. The largest absolute Gasteiger partial charge is 0.573 e. The Labute approximate surface area is 337 Å². The van der Waals surface area contributed by atoms with Gasteiger partial charge < -0.3 is 9.47 Å². The molecule has 0 radical (unpaired) electrons. The summed E-state index contributed by atoms with van der Waals surface area (Å²) >= 11 is 0. The highest BCUT2D eigenvalue weighted by molar-refractivity contribution is 5.98. The molecule has 288 valence electrons. The van der Waals surface area contributed by atoms with Crippen molar-refractivity contribution in [2.45, 2.75) is 25.6 Å². The van der Waals surface area contributed by atoms with Gasteiger partial charge in [0.1, 0.15) is 42.4 Å². The van der Waals surface area contributed by atoms with Gasteiger partial charge in [0.25, 0.3) is 0 Å². The van der Waals surface area contributed by atoms with Crippen molar-refractivity contribution in [3.63, 3.8) is 0 Å². The van der Waals surface area contributed by atoms with Crippen LogP contribution >= 0.6 is 0 Å². The summed E-state index contributed by atoms with van der Waals surface area (Å²) in [6.45, 7) is 23.5. The first-order valence-electron chi connectivity index (χ1n) is 17.4. The Hall–Kier alpha value is -8.56. The van der Waals surface area contributed by atoms with Crippen LogP contribution in [-0.2, 0) is 12.8 Å². The lowest BCUT2D eigenvalue weighted by Gasteiger charge is -2.18. The van der Waals surface area contributed by atoms with E-state index in [4.69, 9.17) is 19.7 Å². The molecule has 0 saturated heterocycles. The van der Waals surface area contributed by atoms with E-state index in [0.717, 1.165) is 24.3 Å². The molecule has 0 unspecified atom stereocenters. The molecular weight excluding hydrogens is 783 g/mol. The number of nitrogens with zero attached hydrogens (tertiary/aromatic N) is 6. The van der Waals surface area contributed by atoms with Gasteiger partial charge in [-0.15, -0.1) is 26.3 Å². The van der Waals surface area contributed by atoms with E-state index < -0.39 is 24.2 Å². The Morgan fingerprint density at radius 2 is 0.950 bits per heavy atom. The number of rotatable bonds is 6. The predicted octanol–water partition coefficient (Wildman–Crippen LogP) is 10.1. The molecule has 0 bridgehead atoms. The first-order chi connectivity index (χ1) is 28.7. The van der Waals surface area contributed by atoms with E-state index in [1.807, 2.05) is 18.2 Å². The van der Waals surface area contributed by atoms with Crippen LogP contribution in [-0.4, -0.2) is 12.7 Å². The number of hydrogen-bond donors (Lipinski definition) is 0.